The first-order valence-electron chi connectivity index (χ1n) is 16.2. The third kappa shape index (κ3) is 6.06. The number of hydrogen-bond donors (Lipinski definition) is 0. The zero-order chi connectivity index (χ0) is 32.2. The fourth-order valence-corrected chi connectivity index (χ4v) is 6.45. The van der Waals surface area contributed by atoms with Gasteiger partial charge in [0.1, 0.15) is 0 Å². The molecular formula is C45H38N2. The second-order valence-corrected chi connectivity index (χ2v) is 11.9. The summed E-state index contributed by atoms with van der Waals surface area (Å²) in [5, 5.41) is 4.92. The summed E-state index contributed by atoms with van der Waals surface area (Å²) in [7, 11) is 0. The first kappa shape index (κ1) is 29.8. The molecule has 7 rings (SSSR count). The molecule has 228 valence electrons. The quantitative estimate of drug-likeness (QED) is 0.159. The molecule has 7 aromatic carbocycles. The molecule has 0 fully saturated rings. The maximum Gasteiger partial charge on any atom is 0.0540 e. The van der Waals surface area contributed by atoms with E-state index in [2.05, 4.69) is 200 Å². The summed E-state index contributed by atoms with van der Waals surface area (Å²) in [4.78, 5) is 4.71. The van der Waals surface area contributed by atoms with Crippen LogP contribution in [0, 0.1) is 6.92 Å². The fourth-order valence-electron chi connectivity index (χ4n) is 6.45. The molecule has 0 amide bonds. The molecule has 7 aromatic rings. The summed E-state index contributed by atoms with van der Waals surface area (Å²) >= 11 is 0. The van der Waals surface area contributed by atoms with Gasteiger partial charge < -0.3 is 9.80 Å². The van der Waals surface area contributed by atoms with Crippen molar-refractivity contribution in [1.29, 1.82) is 0 Å². The summed E-state index contributed by atoms with van der Waals surface area (Å²) in [5.74, 6) is 0. The monoisotopic (exact) mass is 606 g/mol. The Morgan fingerprint density at radius 3 is 1.66 bits per heavy atom. The molecule has 0 unspecified atom stereocenters. The van der Waals surface area contributed by atoms with Gasteiger partial charge in [-0.25, -0.2) is 0 Å². The number of fused-ring (bicyclic) bond motifs is 2. The third-order valence-corrected chi connectivity index (χ3v) is 8.74. The second-order valence-electron chi connectivity index (χ2n) is 11.9. The Balaban J connectivity index is 1.25. The molecule has 0 saturated heterocycles. The Bertz CT molecular complexity index is 2210. The van der Waals surface area contributed by atoms with Crippen molar-refractivity contribution >= 4 is 50.0 Å². The first-order chi connectivity index (χ1) is 23.1. The summed E-state index contributed by atoms with van der Waals surface area (Å²) in [5.41, 5.74) is 10.5. The number of nitrogens with zero attached hydrogens (tertiary/aromatic N) is 2. The van der Waals surface area contributed by atoms with Crippen LogP contribution in [0.2, 0.25) is 0 Å². The van der Waals surface area contributed by atoms with E-state index < -0.39 is 0 Å². The van der Waals surface area contributed by atoms with Gasteiger partial charge in [0.15, 0.2) is 0 Å². The molecule has 2 nitrogen and oxygen atoms in total. The van der Waals surface area contributed by atoms with Crippen LogP contribution < -0.4 is 9.80 Å². The highest BCUT2D eigenvalue weighted by atomic mass is 15.1. The van der Waals surface area contributed by atoms with E-state index >= 15 is 0 Å². The highest BCUT2D eigenvalue weighted by molar-refractivity contribution is 5.99. The SMILES string of the molecule is C/C=C\C=C(/C)N(c1ccc(-c2ccc(N(c3cccc(C)c3)c3cccc4ccccc34)cc2)cc1)c1cccc2ccccc12. The van der Waals surface area contributed by atoms with Crippen LogP contribution in [0.15, 0.2) is 182 Å². The van der Waals surface area contributed by atoms with E-state index in [9.17, 15) is 0 Å². The van der Waals surface area contributed by atoms with Crippen molar-refractivity contribution < 1.29 is 0 Å². The molecule has 0 atom stereocenters. The number of hydrogen-bond acceptors (Lipinski definition) is 2. The molecule has 0 aliphatic carbocycles. The van der Waals surface area contributed by atoms with Crippen LogP contribution in [-0.4, -0.2) is 0 Å². The van der Waals surface area contributed by atoms with Gasteiger partial charge in [-0.15, -0.1) is 0 Å². The van der Waals surface area contributed by atoms with Crippen molar-refractivity contribution in [3.63, 3.8) is 0 Å². The van der Waals surface area contributed by atoms with Crippen molar-refractivity contribution in [3.8, 4) is 11.1 Å². The highest BCUT2D eigenvalue weighted by Crippen LogP contribution is 2.40. The van der Waals surface area contributed by atoms with Crippen molar-refractivity contribution in [2.75, 3.05) is 9.80 Å². The van der Waals surface area contributed by atoms with Crippen molar-refractivity contribution in [2.45, 2.75) is 20.8 Å². The third-order valence-electron chi connectivity index (χ3n) is 8.74. The van der Waals surface area contributed by atoms with Gasteiger partial charge in [-0.1, -0.05) is 121 Å². The van der Waals surface area contributed by atoms with Gasteiger partial charge in [-0.2, -0.15) is 0 Å². The average Bonchev–Trinajstić information content (AvgIpc) is 3.12. The van der Waals surface area contributed by atoms with Gasteiger partial charge in [-0.05, 0) is 103 Å². The van der Waals surface area contributed by atoms with Crippen LogP contribution >= 0.6 is 0 Å². The van der Waals surface area contributed by atoms with Gasteiger partial charge >= 0.3 is 0 Å². The van der Waals surface area contributed by atoms with Gasteiger partial charge in [-0.3, -0.25) is 0 Å². The Morgan fingerprint density at radius 1 is 0.511 bits per heavy atom. The molecular weight excluding hydrogens is 569 g/mol. The summed E-state index contributed by atoms with van der Waals surface area (Å²) in [6.07, 6.45) is 6.34. The Hall–Kier alpha value is -5.86. The van der Waals surface area contributed by atoms with E-state index in [0.29, 0.717) is 0 Å². The maximum absolute atomic E-state index is 2.37. The second kappa shape index (κ2) is 13.2. The number of benzene rings is 7. The Morgan fingerprint density at radius 2 is 1.04 bits per heavy atom. The summed E-state index contributed by atoms with van der Waals surface area (Å²) in [6.45, 7) is 6.37. The van der Waals surface area contributed by atoms with Crippen LogP contribution in [0.1, 0.15) is 19.4 Å². The highest BCUT2D eigenvalue weighted by Gasteiger charge is 2.17. The summed E-state index contributed by atoms with van der Waals surface area (Å²) in [6, 6.07) is 56.8. The summed E-state index contributed by atoms with van der Waals surface area (Å²) < 4.78 is 0. The van der Waals surface area contributed by atoms with Gasteiger partial charge in [0.05, 0.1) is 11.4 Å². The van der Waals surface area contributed by atoms with Crippen LogP contribution in [0.3, 0.4) is 0 Å². The number of aryl methyl sites for hydroxylation is 1. The molecule has 0 N–H and O–H groups in total. The number of rotatable bonds is 8. The minimum absolute atomic E-state index is 1.12. The van der Waals surface area contributed by atoms with Crippen molar-refractivity contribution in [2.24, 2.45) is 0 Å². The lowest BCUT2D eigenvalue weighted by Gasteiger charge is -2.28. The lowest BCUT2D eigenvalue weighted by atomic mass is 10.0. The predicted octanol–water partition coefficient (Wildman–Crippen LogP) is 13.1. The zero-order valence-electron chi connectivity index (χ0n) is 27.1. The number of allylic oxidation sites excluding steroid dienone is 4. The average molecular weight is 607 g/mol. The normalized spacial score (nSPS) is 11.8. The largest absolute Gasteiger partial charge is 0.314 e. The van der Waals surface area contributed by atoms with Gasteiger partial charge in [0.2, 0.25) is 0 Å². The topological polar surface area (TPSA) is 6.48 Å². The predicted molar refractivity (Wildman–Crippen MR) is 203 cm³/mol. The molecule has 0 aromatic heterocycles. The molecule has 0 aliphatic heterocycles. The smallest absolute Gasteiger partial charge is 0.0540 e. The Labute approximate surface area is 278 Å². The van der Waals surface area contributed by atoms with Crippen LogP contribution in [0.5, 0.6) is 0 Å². The minimum Gasteiger partial charge on any atom is -0.314 e. The van der Waals surface area contributed by atoms with Crippen LogP contribution in [-0.2, 0) is 0 Å². The molecule has 0 bridgehead atoms. The van der Waals surface area contributed by atoms with Crippen molar-refractivity contribution in [1.82, 2.24) is 0 Å². The zero-order valence-corrected chi connectivity index (χ0v) is 27.1. The van der Waals surface area contributed by atoms with E-state index in [1.165, 1.54) is 49.6 Å². The molecule has 2 heteroatoms. The van der Waals surface area contributed by atoms with Gasteiger partial charge in [0.25, 0.3) is 0 Å². The van der Waals surface area contributed by atoms with Crippen LogP contribution in [0.4, 0.5) is 28.4 Å². The fraction of sp³-hybridized carbons (Fsp3) is 0.0667. The van der Waals surface area contributed by atoms with E-state index in [0.717, 1.165) is 22.8 Å². The minimum atomic E-state index is 1.12. The Kier molecular flexibility index (Phi) is 8.41. The van der Waals surface area contributed by atoms with E-state index in [1.54, 1.807) is 0 Å². The molecule has 0 saturated carbocycles. The maximum atomic E-state index is 2.37. The molecule has 0 radical (unpaired) electrons. The molecule has 0 heterocycles. The first-order valence-corrected chi connectivity index (χ1v) is 16.2. The van der Waals surface area contributed by atoms with E-state index in [4.69, 9.17) is 0 Å². The molecule has 47 heavy (non-hydrogen) atoms. The lowest BCUT2D eigenvalue weighted by molar-refractivity contribution is 1.16. The van der Waals surface area contributed by atoms with Gasteiger partial charge in [0, 0.05) is 33.5 Å². The lowest BCUT2D eigenvalue weighted by Crippen LogP contribution is -2.14. The molecule has 0 aliphatic rings. The van der Waals surface area contributed by atoms with E-state index in [1.807, 2.05) is 6.92 Å². The standard InChI is InChI=1S/C45H38N2/c1-4-5-14-34(3)46(44-22-11-17-37-15-6-8-20-42(37)44)39-28-24-35(25-29-39)36-26-30-40(31-27-36)47(41-19-10-13-33(2)32-41)45-23-12-18-38-16-7-9-21-43(38)45/h4-32H,1-3H3/b5-4-,34-14+. The molecule has 0 spiro atoms. The van der Waals surface area contributed by atoms with Crippen LogP contribution in [0.25, 0.3) is 32.7 Å². The van der Waals surface area contributed by atoms with Crippen molar-refractivity contribution in [3.05, 3.63) is 187 Å². The van der Waals surface area contributed by atoms with E-state index in [-0.39, 0.29) is 0 Å². The number of anilines is 5.